The van der Waals surface area contributed by atoms with Gasteiger partial charge >= 0.3 is 5.97 Å². The highest BCUT2D eigenvalue weighted by Gasteiger charge is 2.36. The quantitative estimate of drug-likeness (QED) is 0.787. The van der Waals surface area contributed by atoms with Crippen LogP contribution in [0.15, 0.2) is 6.07 Å². The highest BCUT2D eigenvalue weighted by Crippen LogP contribution is 2.31. The Kier molecular flexibility index (Phi) is 4.59. The van der Waals surface area contributed by atoms with Crippen molar-refractivity contribution < 1.29 is 19.1 Å². The number of hydrogen-bond donors (Lipinski definition) is 0. The Morgan fingerprint density at radius 2 is 2.12 bits per heavy atom. The highest BCUT2D eigenvalue weighted by atomic mass is 32.1. The van der Waals surface area contributed by atoms with E-state index in [1.807, 2.05) is 11.0 Å². The minimum atomic E-state index is -0.365. The Hall–Kier alpha value is -1.40. The van der Waals surface area contributed by atoms with E-state index in [0.717, 1.165) is 32.1 Å². The zero-order valence-electron chi connectivity index (χ0n) is 13.8. The van der Waals surface area contributed by atoms with Gasteiger partial charge in [-0.3, -0.25) is 4.79 Å². The highest BCUT2D eigenvalue weighted by molar-refractivity contribution is 7.14. The van der Waals surface area contributed by atoms with Crippen LogP contribution < -0.4 is 0 Å². The Bertz CT molecular complexity index is 617. The van der Waals surface area contributed by atoms with Crippen molar-refractivity contribution in [2.24, 2.45) is 0 Å². The van der Waals surface area contributed by atoms with E-state index in [9.17, 15) is 9.59 Å². The third kappa shape index (κ3) is 3.09. The monoisotopic (exact) mass is 349 g/mol. The fourth-order valence-electron chi connectivity index (χ4n) is 4.12. The predicted octanol–water partition coefficient (Wildman–Crippen LogP) is 2.56. The molecular weight excluding hydrogens is 326 g/mol. The average Bonchev–Trinajstić information content (AvgIpc) is 3.20. The summed E-state index contributed by atoms with van der Waals surface area (Å²) in [5.41, 5.74) is 1.27. The van der Waals surface area contributed by atoms with Crippen LogP contribution in [0, 0.1) is 0 Å². The van der Waals surface area contributed by atoms with Gasteiger partial charge in [0.15, 0.2) is 6.61 Å². The van der Waals surface area contributed by atoms with Gasteiger partial charge in [0.1, 0.15) is 4.88 Å². The van der Waals surface area contributed by atoms with Crippen molar-refractivity contribution in [3.63, 3.8) is 0 Å². The van der Waals surface area contributed by atoms with E-state index in [1.54, 1.807) is 0 Å². The zero-order chi connectivity index (χ0) is 16.5. The fraction of sp³-hybridized carbons (Fsp3) is 0.667. The van der Waals surface area contributed by atoms with Gasteiger partial charge in [0.25, 0.3) is 5.91 Å². The van der Waals surface area contributed by atoms with Crippen molar-refractivity contribution in [1.29, 1.82) is 0 Å². The number of carbonyl (C=O) groups is 2. The molecule has 2 fully saturated rings. The van der Waals surface area contributed by atoms with E-state index in [2.05, 4.69) is 0 Å². The van der Waals surface area contributed by atoms with Crippen molar-refractivity contribution in [1.82, 2.24) is 4.90 Å². The fourth-order valence-corrected chi connectivity index (χ4v) is 5.26. The molecule has 1 saturated heterocycles. The molecule has 0 unspecified atom stereocenters. The number of hydrogen-bond acceptors (Lipinski definition) is 5. The second kappa shape index (κ2) is 6.84. The lowest BCUT2D eigenvalue weighted by Gasteiger charge is -2.43. The maximum absolute atomic E-state index is 12.5. The summed E-state index contributed by atoms with van der Waals surface area (Å²) < 4.78 is 11.1. The van der Waals surface area contributed by atoms with Crippen LogP contribution in [0.25, 0.3) is 0 Å². The van der Waals surface area contributed by atoms with Crippen LogP contribution in [0.1, 0.15) is 52.2 Å². The molecule has 0 aromatic carbocycles. The molecule has 5 nitrogen and oxygen atoms in total. The molecule has 0 N–H and O–H groups in total. The van der Waals surface area contributed by atoms with Crippen molar-refractivity contribution in [3.8, 4) is 0 Å². The molecule has 130 valence electrons. The molecule has 0 bridgehead atoms. The molecule has 0 radical (unpaired) electrons. The summed E-state index contributed by atoms with van der Waals surface area (Å²) >= 11 is 1.52. The van der Waals surface area contributed by atoms with E-state index in [1.165, 1.54) is 34.6 Å². The Labute approximate surface area is 145 Å². The van der Waals surface area contributed by atoms with Crippen LogP contribution in [0.2, 0.25) is 0 Å². The molecule has 24 heavy (non-hydrogen) atoms. The summed E-state index contributed by atoms with van der Waals surface area (Å²) in [5, 5.41) is 0. The minimum Gasteiger partial charge on any atom is -0.451 e. The van der Waals surface area contributed by atoms with Gasteiger partial charge in [-0.2, -0.15) is 0 Å². The van der Waals surface area contributed by atoms with E-state index >= 15 is 0 Å². The summed E-state index contributed by atoms with van der Waals surface area (Å²) in [4.78, 5) is 28.5. The van der Waals surface area contributed by atoms with Crippen LogP contribution in [0.5, 0.6) is 0 Å². The Morgan fingerprint density at radius 3 is 3.00 bits per heavy atom. The van der Waals surface area contributed by atoms with Gasteiger partial charge in [0, 0.05) is 11.4 Å². The van der Waals surface area contributed by atoms with Gasteiger partial charge in [-0.15, -0.1) is 11.3 Å². The normalized spacial score (nSPS) is 25.9. The summed E-state index contributed by atoms with van der Waals surface area (Å²) in [6, 6.07) is 2.09. The Balaban J connectivity index is 1.34. The minimum absolute atomic E-state index is 0.0901. The first-order valence-electron chi connectivity index (χ1n) is 8.92. The van der Waals surface area contributed by atoms with Crippen molar-refractivity contribution in [2.45, 2.75) is 57.1 Å². The van der Waals surface area contributed by atoms with Crippen molar-refractivity contribution in [3.05, 3.63) is 21.4 Å². The smallest absolute Gasteiger partial charge is 0.348 e. The number of fused-ring (bicyclic) bond motifs is 2. The molecule has 2 heterocycles. The third-order valence-corrected chi connectivity index (χ3v) is 6.54. The maximum Gasteiger partial charge on any atom is 0.348 e. The first kappa shape index (κ1) is 16.1. The molecule has 1 aliphatic heterocycles. The molecule has 1 aromatic heterocycles. The topological polar surface area (TPSA) is 55.8 Å². The first-order valence-corrected chi connectivity index (χ1v) is 9.74. The number of nitrogens with zero attached hydrogens (tertiary/aromatic N) is 1. The molecule has 1 amide bonds. The number of amides is 1. The number of morpholine rings is 1. The molecule has 0 spiro atoms. The van der Waals surface area contributed by atoms with Gasteiger partial charge in [-0.05, 0) is 43.7 Å². The number of aryl methyl sites for hydroxylation is 2. The van der Waals surface area contributed by atoms with Gasteiger partial charge in [0.05, 0.1) is 18.8 Å². The number of ether oxygens (including phenoxy) is 2. The lowest BCUT2D eigenvalue weighted by Crippen LogP contribution is -2.55. The van der Waals surface area contributed by atoms with Crippen molar-refractivity contribution in [2.75, 3.05) is 19.8 Å². The zero-order valence-corrected chi connectivity index (χ0v) is 14.6. The van der Waals surface area contributed by atoms with Crippen LogP contribution in [-0.4, -0.2) is 48.7 Å². The summed E-state index contributed by atoms with van der Waals surface area (Å²) in [5.74, 6) is -0.455. The second-order valence-corrected chi connectivity index (χ2v) is 7.97. The van der Waals surface area contributed by atoms with Crippen LogP contribution >= 0.6 is 11.3 Å². The van der Waals surface area contributed by atoms with Crippen LogP contribution in [0.3, 0.4) is 0 Å². The molecule has 3 aliphatic rings. The average molecular weight is 349 g/mol. The lowest BCUT2D eigenvalue weighted by atomic mass is 9.90. The largest absolute Gasteiger partial charge is 0.451 e. The standard InChI is InChI=1S/C18H23NO4S/c20-17(19-8-9-22-14-6-2-1-5-13(14)19)11-23-18(21)16-10-12-4-3-7-15(12)24-16/h10,13-14H,1-9,11H2/t13-,14-/m0/s1. The van der Waals surface area contributed by atoms with Crippen LogP contribution in [0.4, 0.5) is 0 Å². The predicted molar refractivity (Wildman–Crippen MR) is 90.3 cm³/mol. The molecule has 1 saturated carbocycles. The maximum atomic E-state index is 12.5. The van der Waals surface area contributed by atoms with Crippen molar-refractivity contribution >= 4 is 23.2 Å². The van der Waals surface area contributed by atoms with E-state index in [0.29, 0.717) is 18.0 Å². The van der Waals surface area contributed by atoms with E-state index in [-0.39, 0.29) is 30.6 Å². The van der Waals surface area contributed by atoms with Gasteiger partial charge in [0.2, 0.25) is 0 Å². The third-order valence-electron chi connectivity index (χ3n) is 5.33. The number of carbonyl (C=O) groups excluding carboxylic acids is 2. The van der Waals surface area contributed by atoms with Gasteiger partial charge < -0.3 is 14.4 Å². The first-order chi connectivity index (χ1) is 11.7. The van der Waals surface area contributed by atoms with Gasteiger partial charge in [-0.25, -0.2) is 4.79 Å². The number of thiophene rings is 1. The van der Waals surface area contributed by atoms with E-state index < -0.39 is 0 Å². The summed E-state index contributed by atoms with van der Waals surface area (Å²) in [7, 11) is 0. The molecule has 6 heteroatoms. The molecule has 1 aromatic rings. The van der Waals surface area contributed by atoms with Crippen LogP contribution in [-0.2, 0) is 27.1 Å². The second-order valence-electron chi connectivity index (χ2n) is 6.84. The summed E-state index contributed by atoms with van der Waals surface area (Å²) in [6.45, 7) is 1.02. The number of esters is 1. The molecule has 2 aliphatic carbocycles. The van der Waals surface area contributed by atoms with E-state index in [4.69, 9.17) is 9.47 Å². The molecular formula is C18H23NO4S. The number of rotatable bonds is 3. The SMILES string of the molecule is O=C(OCC(=O)N1CCO[C@H]2CCCC[C@@H]21)c1cc2c(s1)CCC2. The lowest BCUT2D eigenvalue weighted by molar-refractivity contribution is -0.152. The summed E-state index contributed by atoms with van der Waals surface area (Å²) in [6.07, 6.45) is 7.76. The molecule has 2 atom stereocenters. The Morgan fingerprint density at radius 1 is 1.25 bits per heavy atom. The van der Waals surface area contributed by atoms with Gasteiger partial charge in [-0.1, -0.05) is 12.8 Å². The molecule has 4 rings (SSSR count).